The summed E-state index contributed by atoms with van der Waals surface area (Å²) in [5.41, 5.74) is 0.601. The van der Waals surface area contributed by atoms with Gasteiger partial charge < -0.3 is 14.2 Å². The van der Waals surface area contributed by atoms with Gasteiger partial charge in [0.2, 0.25) is 11.8 Å². The number of rotatable bonds is 4. The van der Waals surface area contributed by atoms with Gasteiger partial charge in [-0.1, -0.05) is 5.16 Å². The fourth-order valence-electron chi connectivity index (χ4n) is 2.77. The third-order valence-electron chi connectivity index (χ3n) is 4.00. The van der Waals surface area contributed by atoms with Crippen molar-refractivity contribution in [2.45, 2.75) is 19.9 Å². The van der Waals surface area contributed by atoms with E-state index < -0.39 is 0 Å². The van der Waals surface area contributed by atoms with E-state index in [1.54, 1.807) is 32.4 Å². The molecule has 0 aromatic carbocycles. The molecule has 0 N–H and O–H groups in total. The Balaban J connectivity index is 1.61. The molecule has 1 aliphatic rings. The number of aromatic nitrogens is 3. The highest BCUT2D eigenvalue weighted by molar-refractivity contribution is 5.94. The predicted octanol–water partition coefficient (Wildman–Crippen LogP) is 1.13. The van der Waals surface area contributed by atoms with Gasteiger partial charge in [-0.25, -0.2) is 4.98 Å². The smallest absolute Gasteiger partial charge is 0.254 e. The molecule has 0 atom stereocenters. The molecule has 128 valence electrons. The van der Waals surface area contributed by atoms with Crippen LogP contribution in [0.5, 0.6) is 5.88 Å². The Morgan fingerprint density at radius 1 is 1.33 bits per heavy atom. The van der Waals surface area contributed by atoms with Crippen molar-refractivity contribution in [2.75, 3.05) is 33.3 Å². The highest BCUT2D eigenvalue weighted by Crippen LogP contribution is 2.14. The summed E-state index contributed by atoms with van der Waals surface area (Å²) in [7, 11) is 1.54. The number of hydrogen-bond donors (Lipinski definition) is 0. The molecule has 2 aromatic rings. The van der Waals surface area contributed by atoms with Gasteiger partial charge in [-0.15, -0.1) is 0 Å². The van der Waals surface area contributed by atoms with E-state index >= 15 is 0 Å². The van der Waals surface area contributed by atoms with E-state index in [4.69, 9.17) is 9.26 Å². The van der Waals surface area contributed by atoms with Crippen LogP contribution in [0.25, 0.3) is 0 Å². The van der Waals surface area contributed by atoms with Crippen LogP contribution >= 0.6 is 0 Å². The van der Waals surface area contributed by atoms with Gasteiger partial charge in [-0.2, -0.15) is 4.98 Å². The SMILES string of the molecule is COc1cc(C(=O)N2CCCN(Cc3noc(C)n3)CC2)ccn1. The number of aryl methyl sites for hydroxylation is 1. The van der Waals surface area contributed by atoms with Crippen LogP contribution in [-0.2, 0) is 6.54 Å². The zero-order valence-electron chi connectivity index (χ0n) is 13.9. The molecule has 1 aliphatic heterocycles. The summed E-state index contributed by atoms with van der Waals surface area (Å²) in [6.07, 6.45) is 2.50. The third kappa shape index (κ3) is 3.88. The number of nitrogens with zero attached hydrogens (tertiary/aromatic N) is 5. The Morgan fingerprint density at radius 2 is 2.21 bits per heavy atom. The van der Waals surface area contributed by atoms with E-state index in [1.807, 2.05) is 4.90 Å². The van der Waals surface area contributed by atoms with E-state index in [1.165, 1.54) is 0 Å². The van der Waals surface area contributed by atoms with Crippen LogP contribution in [0.4, 0.5) is 0 Å². The summed E-state index contributed by atoms with van der Waals surface area (Å²) in [6, 6.07) is 3.39. The minimum atomic E-state index is 0.00737. The van der Waals surface area contributed by atoms with Gasteiger partial charge in [0, 0.05) is 50.9 Å². The van der Waals surface area contributed by atoms with Crippen LogP contribution in [0.3, 0.4) is 0 Å². The quantitative estimate of drug-likeness (QED) is 0.830. The van der Waals surface area contributed by atoms with Crippen molar-refractivity contribution in [3.05, 3.63) is 35.6 Å². The molecular weight excluding hydrogens is 310 g/mol. The first-order valence-corrected chi connectivity index (χ1v) is 7.96. The molecule has 24 heavy (non-hydrogen) atoms. The van der Waals surface area contributed by atoms with Crippen LogP contribution in [0.15, 0.2) is 22.9 Å². The van der Waals surface area contributed by atoms with E-state index in [-0.39, 0.29) is 5.91 Å². The summed E-state index contributed by atoms with van der Waals surface area (Å²) in [5, 5.41) is 3.93. The fourth-order valence-corrected chi connectivity index (χ4v) is 2.77. The molecule has 2 aromatic heterocycles. The lowest BCUT2D eigenvalue weighted by atomic mass is 10.2. The number of carbonyl (C=O) groups is 1. The summed E-state index contributed by atoms with van der Waals surface area (Å²) in [4.78, 5) is 25.1. The van der Waals surface area contributed by atoms with E-state index in [0.29, 0.717) is 36.2 Å². The molecule has 0 radical (unpaired) electrons. The van der Waals surface area contributed by atoms with Crippen molar-refractivity contribution < 1.29 is 14.1 Å². The summed E-state index contributed by atoms with van der Waals surface area (Å²) < 4.78 is 10.1. The van der Waals surface area contributed by atoms with Crippen molar-refractivity contribution >= 4 is 5.91 Å². The topological polar surface area (TPSA) is 84.6 Å². The maximum atomic E-state index is 12.7. The van der Waals surface area contributed by atoms with Gasteiger partial charge in [0.05, 0.1) is 13.7 Å². The highest BCUT2D eigenvalue weighted by Gasteiger charge is 2.21. The number of amides is 1. The van der Waals surface area contributed by atoms with E-state index in [0.717, 1.165) is 26.1 Å². The van der Waals surface area contributed by atoms with Crippen molar-refractivity contribution in [3.8, 4) is 5.88 Å². The minimum Gasteiger partial charge on any atom is -0.481 e. The van der Waals surface area contributed by atoms with Crippen molar-refractivity contribution in [2.24, 2.45) is 0 Å². The zero-order valence-corrected chi connectivity index (χ0v) is 13.9. The van der Waals surface area contributed by atoms with Crippen LogP contribution in [0, 0.1) is 6.92 Å². The molecule has 0 aliphatic carbocycles. The number of hydrogen-bond acceptors (Lipinski definition) is 7. The first-order chi connectivity index (χ1) is 11.7. The van der Waals surface area contributed by atoms with Gasteiger partial charge in [0.25, 0.3) is 5.91 Å². The number of ether oxygens (including phenoxy) is 1. The Morgan fingerprint density at radius 3 is 2.96 bits per heavy atom. The molecule has 0 bridgehead atoms. The van der Waals surface area contributed by atoms with Crippen LogP contribution < -0.4 is 4.74 Å². The molecular formula is C16H21N5O3. The molecule has 1 fully saturated rings. The molecule has 3 heterocycles. The van der Waals surface area contributed by atoms with E-state index in [9.17, 15) is 4.79 Å². The monoisotopic (exact) mass is 331 g/mol. The lowest BCUT2D eigenvalue weighted by Crippen LogP contribution is -2.35. The minimum absolute atomic E-state index is 0.00737. The maximum absolute atomic E-state index is 12.7. The zero-order chi connectivity index (χ0) is 16.9. The van der Waals surface area contributed by atoms with E-state index in [2.05, 4.69) is 20.0 Å². The van der Waals surface area contributed by atoms with Gasteiger partial charge in [0.1, 0.15) is 0 Å². The van der Waals surface area contributed by atoms with Crippen LogP contribution in [0.1, 0.15) is 28.5 Å². The molecule has 0 unspecified atom stereocenters. The summed E-state index contributed by atoms with van der Waals surface area (Å²) in [5.74, 6) is 1.71. The second-order valence-electron chi connectivity index (χ2n) is 5.74. The first kappa shape index (κ1) is 16.4. The number of methoxy groups -OCH3 is 1. The Labute approximate surface area is 140 Å². The standard InChI is InChI=1S/C16H21N5O3/c1-12-18-14(19-24-12)11-20-6-3-7-21(9-8-20)16(22)13-4-5-17-15(10-13)23-2/h4-5,10H,3,6-9,11H2,1-2H3. The number of carbonyl (C=O) groups excluding carboxylic acids is 1. The first-order valence-electron chi connectivity index (χ1n) is 7.96. The highest BCUT2D eigenvalue weighted by atomic mass is 16.5. The Bertz CT molecular complexity index is 703. The molecule has 8 nitrogen and oxygen atoms in total. The molecule has 3 rings (SSSR count). The fraction of sp³-hybridized carbons (Fsp3) is 0.500. The summed E-state index contributed by atoms with van der Waals surface area (Å²) in [6.45, 7) is 5.49. The molecule has 1 saturated heterocycles. The average molecular weight is 331 g/mol. The molecule has 8 heteroatoms. The van der Waals surface area contributed by atoms with Gasteiger partial charge in [0.15, 0.2) is 5.82 Å². The van der Waals surface area contributed by atoms with Gasteiger partial charge in [-0.3, -0.25) is 9.69 Å². The average Bonchev–Trinajstić information content (AvgIpc) is 2.87. The van der Waals surface area contributed by atoms with Crippen LogP contribution in [0.2, 0.25) is 0 Å². The molecule has 0 spiro atoms. The van der Waals surface area contributed by atoms with Crippen molar-refractivity contribution in [1.82, 2.24) is 24.9 Å². The normalized spacial score (nSPS) is 16.0. The second kappa shape index (κ2) is 7.39. The maximum Gasteiger partial charge on any atom is 0.254 e. The second-order valence-corrected chi connectivity index (χ2v) is 5.74. The lowest BCUT2D eigenvalue weighted by molar-refractivity contribution is 0.0760. The van der Waals surface area contributed by atoms with Crippen LogP contribution in [-0.4, -0.2) is 64.1 Å². The Hall–Kier alpha value is -2.48. The predicted molar refractivity (Wildman–Crippen MR) is 85.6 cm³/mol. The lowest BCUT2D eigenvalue weighted by Gasteiger charge is -2.21. The van der Waals surface area contributed by atoms with Gasteiger partial charge in [-0.05, 0) is 12.5 Å². The summed E-state index contributed by atoms with van der Waals surface area (Å²) >= 11 is 0. The molecule has 0 saturated carbocycles. The van der Waals surface area contributed by atoms with Gasteiger partial charge >= 0.3 is 0 Å². The van der Waals surface area contributed by atoms with Crippen molar-refractivity contribution in [3.63, 3.8) is 0 Å². The number of pyridine rings is 1. The third-order valence-corrected chi connectivity index (χ3v) is 4.00. The Kier molecular flexibility index (Phi) is 5.05. The van der Waals surface area contributed by atoms with Crippen molar-refractivity contribution in [1.29, 1.82) is 0 Å². The molecule has 1 amide bonds. The largest absolute Gasteiger partial charge is 0.481 e.